The maximum Gasteiger partial charge on any atom is 0.364 e. The number of alkyl halides is 1. The molecule has 0 amide bonds. The molecule has 0 aromatic carbocycles. The summed E-state index contributed by atoms with van der Waals surface area (Å²) in [6.45, 7) is 5.74. The van der Waals surface area contributed by atoms with Crippen molar-refractivity contribution in [1.29, 1.82) is 0 Å². The lowest BCUT2D eigenvalue weighted by molar-refractivity contribution is 0.186. The van der Waals surface area contributed by atoms with E-state index < -0.39 is 13.5 Å². The molecule has 5 heteroatoms. The van der Waals surface area contributed by atoms with Crippen LogP contribution in [0.4, 0.5) is 4.39 Å². The van der Waals surface area contributed by atoms with Gasteiger partial charge in [-0.25, -0.2) is 4.39 Å². The van der Waals surface area contributed by atoms with Crippen molar-refractivity contribution in [2.45, 2.75) is 45.9 Å². The van der Waals surface area contributed by atoms with Gasteiger partial charge in [0, 0.05) is 0 Å². The minimum Gasteiger partial charge on any atom is -0.307 e. The van der Waals surface area contributed by atoms with Crippen LogP contribution in [-0.4, -0.2) is 19.1 Å². The minimum atomic E-state index is -3.51. The summed E-state index contributed by atoms with van der Waals surface area (Å²) < 4.78 is 35.1. The second kappa shape index (κ2) is 7.38. The zero-order valence-electron chi connectivity index (χ0n) is 9.16. The maximum absolute atomic E-state index is 13.5. The molecule has 14 heavy (non-hydrogen) atoms. The van der Waals surface area contributed by atoms with Crippen LogP contribution < -0.4 is 0 Å². The summed E-state index contributed by atoms with van der Waals surface area (Å²) in [5, 5.41) is 0. The molecule has 1 atom stereocenters. The van der Waals surface area contributed by atoms with Crippen molar-refractivity contribution < 1.29 is 18.0 Å². The molecule has 0 aliphatic heterocycles. The van der Waals surface area contributed by atoms with Gasteiger partial charge in [0.25, 0.3) is 0 Å². The van der Waals surface area contributed by atoms with E-state index in [1.165, 1.54) is 0 Å². The Labute approximate surface area is 85.5 Å². The van der Waals surface area contributed by atoms with Crippen molar-refractivity contribution in [2.75, 3.05) is 13.2 Å². The van der Waals surface area contributed by atoms with Gasteiger partial charge in [-0.3, -0.25) is 4.57 Å². The molecule has 0 aromatic heterocycles. The predicted octanol–water partition coefficient (Wildman–Crippen LogP) is 3.74. The average molecular weight is 226 g/mol. The summed E-state index contributed by atoms with van der Waals surface area (Å²) in [5.74, 6) is -1.48. The molecule has 0 fully saturated rings. The third-order valence-electron chi connectivity index (χ3n) is 1.76. The molecule has 0 N–H and O–H groups in total. The molecule has 0 saturated heterocycles. The van der Waals surface area contributed by atoms with E-state index in [0.29, 0.717) is 6.42 Å². The van der Waals surface area contributed by atoms with Gasteiger partial charge in [0.2, 0.25) is 5.91 Å². The molecule has 0 saturated carbocycles. The van der Waals surface area contributed by atoms with Crippen molar-refractivity contribution in [2.24, 2.45) is 0 Å². The Morgan fingerprint density at radius 3 is 2.07 bits per heavy atom. The van der Waals surface area contributed by atoms with Crippen molar-refractivity contribution in [3.8, 4) is 0 Å². The summed E-state index contributed by atoms with van der Waals surface area (Å²) in [4.78, 5) is 0. The number of halogens is 1. The molecule has 86 valence electrons. The van der Waals surface area contributed by atoms with Crippen LogP contribution >= 0.6 is 7.60 Å². The first-order chi connectivity index (χ1) is 6.60. The molecule has 0 aromatic rings. The third-order valence-corrected chi connectivity index (χ3v) is 3.94. The van der Waals surface area contributed by atoms with Gasteiger partial charge < -0.3 is 9.05 Å². The SMILES string of the molecule is CCCCC(F)P(=O)(OCC)OCC. The van der Waals surface area contributed by atoms with E-state index in [2.05, 4.69) is 0 Å². The highest BCUT2D eigenvalue weighted by Gasteiger charge is 2.34. The Morgan fingerprint density at radius 1 is 1.21 bits per heavy atom. The molecule has 0 spiro atoms. The van der Waals surface area contributed by atoms with Gasteiger partial charge in [-0.1, -0.05) is 19.8 Å². The Morgan fingerprint density at radius 2 is 1.71 bits per heavy atom. The Bertz CT molecular complexity index is 177. The van der Waals surface area contributed by atoms with E-state index in [1.54, 1.807) is 13.8 Å². The first kappa shape index (κ1) is 14.1. The highest BCUT2D eigenvalue weighted by atomic mass is 31.2. The monoisotopic (exact) mass is 226 g/mol. The molecule has 0 rings (SSSR count). The van der Waals surface area contributed by atoms with Gasteiger partial charge in [0.05, 0.1) is 13.2 Å². The lowest BCUT2D eigenvalue weighted by Gasteiger charge is -2.20. The smallest absolute Gasteiger partial charge is 0.307 e. The molecule has 0 aliphatic carbocycles. The van der Waals surface area contributed by atoms with Crippen molar-refractivity contribution in [3.05, 3.63) is 0 Å². The summed E-state index contributed by atoms with van der Waals surface area (Å²) >= 11 is 0. The summed E-state index contributed by atoms with van der Waals surface area (Å²) in [7, 11) is -3.51. The van der Waals surface area contributed by atoms with Crippen LogP contribution in [0.5, 0.6) is 0 Å². The second-order valence-corrected chi connectivity index (χ2v) is 5.11. The quantitative estimate of drug-likeness (QED) is 0.591. The topological polar surface area (TPSA) is 35.5 Å². The lowest BCUT2D eigenvalue weighted by Crippen LogP contribution is -2.08. The molecule has 3 nitrogen and oxygen atoms in total. The Hall–Kier alpha value is 0.0800. The average Bonchev–Trinajstić information content (AvgIpc) is 2.15. The predicted molar refractivity (Wildman–Crippen MR) is 55.3 cm³/mol. The minimum absolute atomic E-state index is 0.212. The van der Waals surface area contributed by atoms with Gasteiger partial charge in [0.1, 0.15) is 0 Å². The second-order valence-electron chi connectivity index (χ2n) is 2.95. The van der Waals surface area contributed by atoms with E-state index >= 15 is 0 Å². The number of hydrogen-bond donors (Lipinski definition) is 0. The molecule has 1 unspecified atom stereocenters. The normalized spacial score (nSPS) is 14.3. The highest BCUT2D eigenvalue weighted by Crippen LogP contribution is 2.55. The first-order valence-corrected chi connectivity index (χ1v) is 6.74. The van der Waals surface area contributed by atoms with Gasteiger partial charge in [-0.2, -0.15) is 0 Å². The molecule has 0 bridgehead atoms. The van der Waals surface area contributed by atoms with Crippen molar-refractivity contribution in [1.82, 2.24) is 0 Å². The van der Waals surface area contributed by atoms with E-state index in [4.69, 9.17) is 9.05 Å². The third kappa shape index (κ3) is 4.54. The van der Waals surface area contributed by atoms with Crippen LogP contribution in [0.1, 0.15) is 40.0 Å². The van der Waals surface area contributed by atoms with E-state index in [9.17, 15) is 8.96 Å². The summed E-state index contributed by atoms with van der Waals surface area (Å²) in [6, 6.07) is 0. The van der Waals surface area contributed by atoms with Crippen LogP contribution in [0.3, 0.4) is 0 Å². The van der Waals surface area contributed by atoms with Gasteiger partial charge in [-0.05, 0) is 20.3 Å². The van der Waals surface area contributed by atoms with Crippen molar-refractivity contribution in [3.63, 3.8) is 0 Å². The zero-order valence-corrected chi connectivity index (χ0v) is 10.1. The van der Waals surface area contributed by atoms with Crippen LogP contribution in [0.2, 0.25) is 0 Å². The number of rotatable bonds is 8. The fraction of sp³-hybridized carbons (Fsp3) is 1.00. The maximum atomic E-state index is 13.5. The Balaban J connectivity index is 4.23. The summed E-state index contributed by atoms with van der Waals surface area (Å²) in [6.07, 6.45) is 1.82. The van der Waals surface area contributed by atoms with Crippen LogP contribution in [0.15, 0.2) is 0 Å². The molecule has 0 aliphatic rings. The number of hydrogen-bond acceptors (Lipinski definition) is 3. The molecular formula is C9H20FO3P. The lowest BCUT2D eigenvalue weighted by atomic mass is 10.3. The largest absolute Gasteiger partial charge is 0.364 e. The van der Waals surface area contributed by atoms with Crippen LogP contribution in [0.25, 0.3) is 0 Å². The zero-order chi connectivity index (χ0) is 11.0. The standard InChI is InChI=1S/C9H20FO3P/c1-4-7-8-9(10)14(11,12-5-2)13-6-3/h9H,4-8H2,1-3H3. The van der Waals surface area contributed by atoms with Crippen molar-refractivity contribution >= 4 is 7.60 Å². The molecule has 0 heterocycles. The fourth-order valence-electron chi connectivity index (χ4n) is 1.09. The van der Waals surface area contributed by atoms with E-state index in [0.717, 1.165) is 6.42 Å². The van der Waals surface area contributed by atoms with Crippen LogP contribution in [-0.2, 0) is 13.6 Å². The van der Waals surface area contributed by atoms with Gasteiger partial charge >= 0.3 is 7.60 Å². The van der Waals surface area contributed by atoms with Gasteiger partial charge in [0.15, 0.2) is 0 Å². The molecular weight excluding hydrogens is 206 g/mol. The van der Waals surface area contributed by atoms with E-state index in [1.807, 2.05) is 6.92 Å². The molecule has 0 radical (unpaired) electrons. The number of unbranched alkanes of at least 4 members (excludes halogenated alkanes) is 1. The highest BCUT2D eigenvalue weighted by molar-refractivity contribution is 7.54. The first-order valence-electron chi connectivity index (χ1n) is 5.13. The van der Waals surface area contributed by atoms with Gasteiger partial charge in [-0.15, -0.1) is 0 Å². The fourth-order valence-corrected chi connectivity index (χ4v) is 2.71. The van der Waals surface area contributed by atoms with Crippen LogP contribution in [0, 0.1) is 0 Å². The van der Waals surface area contributed by atoms with E-state index in [-0.39, 0.29) is 19.6 Å². The Kier molecular flexibility index (Phi) is 7.42. The summed E-state index contributed by atoms with van der Waals surface area (Å²) in [5.41, 5.74) is 0.